The number of aliphatic hydroxyl groups is 1. The lowest BCUT2D eigenvalue weighted by Crippen LogP contribution is -1.97. The SMILES string of the molecule is CS(=O)(=O)c1ccc(Oc2c(Cl)cccc2CO)cc1. The Labute approximate surface area is 122 Å². The minimum atomic E-state index is -3.24. The minimum absolute atomic E-state index is 0.197. The maximum atomic E-state index is 11.4. The summed E-state index contributed by atoms with van der Waals surface area (Å²) in [7, 11) is -3.24. The Morgan fingerprint density at radius 3 is 2.35 bits per heavy atom. The van der Waals surface area contributed by atoms with E-state index in [1.54, 1.807) is 30.3 Å². The lowest BCUT2D eigenvalue weighted by molar-refractivity contribution is 0.276. The van der Waals surface area contributed by atoms with Crippen LogP contribution in [0.1, 0.15) is 5.56 Å². The Morgan fingerprint density at radius 1 is 1.15 bits per heavy atom. The third kappa shape index (κ3) is 3.30. The Bertz CT molecular complexity index is 708. The first-order valence-corrected chi connectivity index (χ1v) is 8.05. The van der Waals surface area contributed by atoms with Gasteiger partial charge >= 0.3 is 0 Å². The molecule has 2 aromatic rings. The molecule has 2 aromatic carbocycles. The van der Waals surface area contributed by atoms with Gasteiger partial charge in [-0.05, 0) is 30.3 Å². The van der Waals surface area contributed by atoms with E-state index in [1.165, 1.54) is 12.1 Å². The first-order valence-electron chi connectivity index (χ1n) is 5.78. The average Bonchev–Trinajstić information content (AvgIpc) is 2.40. The van der Waals surface area contributed by atoms with E-state index in [9.17, 15) is 13.5 Å². The van der Waals surface area contributed by atoms with Gasteiger partial charge in [0.25, 0.3) is 0 Å². The molecule has 20 heavy (non-hydrogen) atoms. The lowest BCUT2D eigenvalue weighted by Gasteiger charge is -2.11. The fourth-order valence-electron chi connectivity index (χ4n) is 1.67. The van der Waals surface area contributed by atoms with Crippen LogP contribution >= 0.6 is 11.6 Å². The number of hydrogen-bond acceptors (Lipinski definition) is 4. The maximum Gasteiger partial charge on any atom is 0.175 e. The van der Waals surface area contributed by atoms with Gasteiger partial charge in [-0.3, -0.25) is 0 Å². The van der Waals surface area contributed by atoms with E-state index in [-0.39, 0.29) is 11.5 Å². The Morgan fingerprint density at radius 2 is 1.80 bits per heavy atom. The molecule has 0 fully saturated rings. The molecule has 0 aliphatic rings. The number of sulfone groups is 1. The molecule has 0 radical (unpaired) electrons. The summed E-state index contributed by atoms with van der Waals surface area (Å²) < 4.78 is 28.3. The summed E-state index contributed by atoms with van der Waals surface area (Å²) >= 11 is 6.03. The van der Waals surface area contributed by atoms with E-state index in [2.05, 4.69) is 0 Å². The summed E-state index contributed by atoms with van der Waals surface area (Å²) in [5.41, 5.74) is 0.560. The van der Waals surface area contributed by atoms with E-state index in [0.717, 1.165) is 6.26 Å². The van der Waals surface area contributed by atoms with E-state index >= 15 is 0 Å². The van der Waals surface area contributed by atoms with Crippen molar-refractivity contribution in [2.24, 2.45) is 0 Å². The first-order chi connectivity index (χ1) is 9.41. The molecule has 0 bridgehead atoms. The van der Waals surface area contributed by atoms with Gasteiger partial charge in [0.1, 0.15) is 5.75 Å². The van der Waals surface area contributed by atoms with Crippen LogP contribution in [-0.4, -0.2) is 19.8 Å². The van der Waals surface area contributed by atoms with Gasteiger partial charge in [0.15, 0.2) is 15.6 Å². The van der Waals surface area contributed by atoms with Crippen LogP contribution in [0.25, 0.3) is 0 Å². The van der Waals surface area contributed by atoms with Crippen molar-refractivity contribution >= 4 is 21.4 Å². The predicted molar refractivity (Wildman–Crippen MR) is 77.0 cm³/mol. The van der Waals surface area contributed by atoms with E-state index in [0.29, 0.717) is 22.1 Å². The van der Waals surface area contributed by atoms with Crippen molar-refractivity contribution in [3.8, 4) is 11.5 Å². The average molecular weight is 313 g/mol. The van der Waals surface area contributed by atoms with Crippen molar-refractivity contribution in [3.63, 3.8) is 0 Å². The maximum absolute atomic E-state index is 11.4. The molecule has 4 nitrogen and oxygen atoms in total. The summed E-state index contributed by atoms with van der Waals surface area (Å²) in [6.45, 7) is -0.197. The largest absolute Gasteiger partial charge is 0.455 e. The van der Waals surface area contributed by atoms with Crippen molar-refractivity contribution in [1.82, 2.24) is 0 Å². The normalized spacial score (nSPS) is 11.3. The summed E-state index contributed by atoms with van der Waals surface area (Å²) in [6, 6.07) is 11.1. The van der Waals surface area contributed by atoms with Crippen molar-refractivity contribution < 1.29 is 18.3 Å². The molecular formula is C14H13ClO4S. The fourth-order valence-corrected chi connectivity index (χ4v) is 2.53. The van der Waals surface area contributed by atoms with Gasteiger partial charge in [-0.15, -0.1) is 0 Å². The molecule has 106 valence electrons. The van der Waals surface area contributed by atoms with Gasteiger partial charge in [-0.25, -0.2) is 8.42 Å². The second-order valence-electron chi connectivity index (χ2n) is 4.23. The minimum Gasteiger partial charge on any atom is -0.455 e. The highest BCUT2D eigenvalue weighted by molar-refractivity contribution is 7.90. The highest BCUT2D eigenvalue weighted by Gasteiger charge is 2.10. The summed E-state index contributed by atoms with van der Waals surface area (Å²) in [6.07, 6.45) is 1.14. The molecule has 0 aromatic heterocycles. The van der Waals surface area contributed by atoms with Crippen LogP contribution in [0.15, 0.2) is 47.4 Å². The molecule has 1 N–H and O–H groups in total. The van der Waals surface area contributed by atoms with Crippen molar-refractivity contribution in [2.45, 2.75) is 11.5 Å². The first kappa shape index (κ1) is 14.8. The second kappa shape index (κ2) is 5.83. The van der Waals surface area contributed by atoms with E-state index in [1.807, 2.05) is 0 Å². The summed E-state index contributed by atoms with van der Waals surface area (Å²) in [5.74, 6) is 0.809. The highest BCUT2D eigenvalue weighted by Crippen LogP contribution is 2.33. The van der Waals surface area contributed by atoms with Crippen LogP contribution in [0, 0.1) is 0 Å². The van der Waals surface area contributed by atoms with Crippen LogP contribution in [0.3, 0.4) is 0 Å². The number of benzene rings is 2. The van der Waals surface area contributed by atoms with Crippen LogP contribution < -0.4 is 4.74 Å². The fraction of sp³-hybridized carbons (Fsp3) is 0.143. The third-order valence-corrected chi connectivity index (χ3v) is 4.12. The van der Waals surface area contributed by atoms with E-state index < -0.39 is 9.84 Å². The second-order valence-corrected chi connectivity index (χ2v) is 6.65. The number of rotatable bonds is 4. The summed E-state index contributed by atoms with van der Waals surface area (Å²) in [4.78, 5) is 0.214. The van der Waals surface area contributed by atoms with Gasteiger partial charge in [0, 0.05) is 11.8 Å². The van der Waals surface area contributed by atoms with Crippen LogP contribution in [0.2, 0.25) is 5.02 Å². The van der Waals surface area contributed by atoms with Crippen molar-refractivity contribution in [2.75, 3.05) is 6.26 Å². The molecule has 0 amide bonds. The molecular weight excluding hydrogens is 300 g/mol. The van der Waals surface area contributed by atoms with Crippen molar-refractivity contribution in [1.29, 1.82) is 0 Å². The zero-order valence-corrected chi connectivity index (χ0v) is 12.3. The van der Waals surface area contributed by atoms with Gasteiger partial charge in [0.05, 0.1) is 16.5 Å². The van der Waals surface area contributed by atoms with Crippen LogP contribution in [-0.2, 0) is 16.4 Å². The Balaban J connectivity index is 2.32. The molecule has 0 saturated carbocycles. The molecule has 0 heterocycles. The van der Waals surface area contributed by atoms with Gasteiger partial charge in [-0.2, -0.15) is 0 Å². The van der Waals surface area contributed by atoms with Gasteiger partial charge in [-0.1, -0.05) is 23.7 Å². The van der Waals surface area contributed by atoms with Crippen LogP contribution in [0.4, 0.5) is 0 Å². The molecule has 0 unspecified atom stereocenters. The van der Waals surface area contributed by atoms with Crippen molar-refractivity contribution in [3.05, 3.63) is 53.1 Å². The lowest BCUT2D eigenvalue weighted by atomic mass is 10.2. The Kier molecular flexibility index (Phi) is 4.32. The summed E-state index contributed by atoms with van der Waals surface area (Å²) in [5, 5.41) is 9.63. The Hall–Kier alpha value is -1.56. The molecule has 6 heteroatoms. The number of para-hydroxylation sites is 1. The predicted octanol–water partition coefficient (Wildman–Crippen LogP) is 3.03. The third-order valence-electron chi connectivity index (χ3n) is 2.69. The van der Waals surface area contributed by atoms with Crippen LogP contribution in [0.5, 0.6) is 11.5 Å². The number of ether oxygens (including phenoxy) is 1. The number of halogens is 1. The highest BCUT2D eigenvalue weighted by atomic mass is 35.5. The smallest absolute Gasteiger partial charge is 0.175 e. The molecule has 0 spiro atoms. The molecule has 0 saturated heterocycles. The number of hydrogen-bond donors (Lipinski definition) is 1. The molecule has 0 atom stereocenters. The van der Waals surface area contributed by atoms with E-state index in [4.69, 9.17) is 16.3 Å². The number of aliphatic hydroxyl groups excluding tert-OH is 1. The standard InChI is InChI=1S/C14H13ClO4S/c1-20(17,18)12-7-5-11(6-8-12)19-14-10(9-16)3-2-4-13(14)15/h2-8,16H,9H2,1H3. The molecule has 0 aliphatic carbocycles. The molecule has 0 aliphatic heterocycles. The molecule has 2 rings (SSSR count). The quantitative estimate of drug-likeness (QED) is 0.942. The monoisotopic (exact) mass is 312 g/mol. The topological polar surface area (TPSA) is 63.6 Å². The van der Waals surface area contributed by atoms with Gasteiger partial charge < -0.3 is 9.84 Å². The zero-order chi connectivity index (χ0) is 14.8. The zero-order valence-electron chi connectivity index (χ0n) is 10.7. The van der Waals surface area contributed by atoms with Gasteiger partial charge in [0.2, 0.25) is 0 Å².